The number of piperazine rings is 1. The van der Waals surface area contributed by atoms with Crippen molar-refractivity contribution in [3.05, 3.63) is 48.3 Å². The molecule has 0 atom stereocenters. The van der Waals surface area contributed by atoms with Crippen LogP contribution in [0.3, 0.4) is 0 Å². The normalized spacial score (nSPS) is 16.6. The molecule has 2 aromatic heterocycles. The minimum Gasteiger partial charge on any atom is -0.301 e. The molecule has 1 fully saturated rings. The van der Waals surface area contributed by atoms with Gasteiger partial charge in [0.2, 0.25) is 0 Å². The molecule has 0 aliphatic carbocycles. The van der Waals surface area contributed by atoms with Gasteiger partial charge in [0.05, 0.1) is 17.4 Å². The van der Waals surface area contributed by atoms with Crippen molar-refractivity contribution >= 4 is 10.9 Å². The Morgan fingerprint density at radius 2 is 1.76 bits per heavy atom. The molecule has 0 radical (unpaired) electrons. The molecule has 0 unspecified atom stereocenters. The molecule has 1 aromatic carbocycles. The lowest BCUT2D eigenvalue weighted by Crippen LogP contribution is -2.45. The number of hydrogen-bond acceptors (Lipinski definition) is 4. The maximum atomic E-state index is 4.73. The Kier molecular flexibility index (Phi) is 4.51. The minimum atomic E-state index is 0.988. The van der Waals surface area contributed by atoms with E-state index in [4.69, 9.17) is 4.98 Å². The average Bonchev–Trinajstić information content (AvgIpc) is 3.04. The van der Waals surface area contributed by atoms with E-state index in [-0.39, 0.29) is 0 Å². The number of nitrogens with zero attached hydrogens (tertiary/aromatic N) is 5. The van der Waals surface area contributed by atoms with Gasteiger partial charge in [0.15, 0.2) is 0 Å². The van der Waals surface area contributed by atoms with E-state index in [0.717, 1.165) is 48.3 Å². The second kappa shape index (κ2) is 6.94. The quantitative estimate of drug-likeness (QED) is 0.735. The van der Waals surface area contributed by atoms with Gasteiger partial charge in [0, 0.05) is 56.9 Å². The van der Waals surface area contributed by atoms with Gasteiger partial charge in [0.1, 0.15) is 0 Å². The van der Waals surface area contributed by atoms with Crippen molar-refractivity contribution in [2.24, 2.45) is 7.05 Å². The van der Waals surface area contributed by atoms with Crippen LogP contribution in [-0.2, 0) is 13.6 Å². The van der Waals surface area contributed by atoms with Crippen molar-refractivity contribution in [3.8, 4) is 11.3 Å². The van der Waals surface area contributed by atoms with E-state index in [0.29, 0.717) is 0 Å². The van der Waals surface area contributed by atoms with Crippen molar-refractivity contribution in [2.45, 2.75) is 13.5 Å². The Balaban J connectivity index is 1.50. The summed E-state index contributed by atoms with van der Waals surface area (Å²) in [6.07, 6.45) is 3.95. The van der Waals surface area contributed by atoms with Crippen molar-refractivity contribution in [1.82, 2.24) is 24.6 Å². The van der Waals surface area contributed by atoms with Crippen molar-refractivity contribution in [3.63, 3.8) is 0 Å². The molecule has 4 rings (SSSR count). The van der Waals surface area contributed by atoms with Gasteiger partial charge >= 0.3 is 0 Å². The van der Waals surface area contributed by atoms with Crippen LogP contribution in [0.5, 0.6) is 0 Å². The zero-order chi connectivity index (χ0) is 17.2. The van der Waals surface area contributed by atoms with Crippen molar-refractivity contribution < 1.29 is 0 Å². The van der Waals surface area contributed by atoms with Crippen LogP contribution < -0.4 is 0 Å². The van der Waals surface area contributed by atoms with Gasteiger partial charge in [-0.1, -0.05) is 25.1 Å². The molecule has 0 N–H and O–H groups in total. The van der Waals surface area contributed by atoms with Crippen molar-refractivity contribution in [2.75, 3.05) is 32.7 Å². The van der Waals surface area contributed by atoms with E-state index in [1.54, 1.807) is 0 Å². The van der Waals surface area contributed by atoms with Crippen LogP contribution in [0.1, 0.15) is 12.5 Å². The molecule has 0 saturated carbocycles. The monoisotopic (exact) mass is 335 g/mol. The highest BCUT2D eigenvalue weighted by Gasteiger charge is 2.15. The number of rotatable bonds is 4. The highest BCUT2D eigenvalue weighted by Crippen LogP contribution is 2.27. The summed E-state index contributed by atoms with van der Waals surface area (Å²) in [5, 5.41) is 5.52. The Labute approximate surface area is 148 Å². The molecule has 1 aliphatic heterocycles. The van der Waals surface area contributed by atoms with E-state index >= 15 is 0 Å². The lowest BCUT2D eigenvalue weighted by Gasteiger charge is -2.33. The molecule has 0 amide bonds. The fourth-order valence-electron chi connectivity index (χ4n) is 3.60. The molecule has 0 spiro atoms. The molecule has 3 heterocycles. The van der Waals surface area contributed by atoms with Gasteiger partial charge in [-0.05, 0) is 24.2 Å². The molecule has 3 aromatic rings. The molecule has 5 heteroatoms. The van der Waals surface area contributed by atoms with Crippen LogP contribution in [0, 0.1) is 0 Å². The number of benzene rings is 1. The van der Waals surface area contributed by atoms with Crippen LogP contribution in [0.25, 0.3) is 22.2 Å². The Morgan fingerprint density at radius 1 is 0.960 bits per heavy atom. The second-order valence-corrected chi connectivity index (χ2v) is 6.77. The SMILES string of the molecule is CCN1CCN(Cc2ccc(-c3cccc4c3cnn4C)nc2)CC1. The summed E-state index contributed by atoms with van der Waals surface area (Å²) in [6.45, 7) is 9.01. The summed E-state index contributed by atoms with van der Waals surface area (Å²) in [6, 6.07) is 10.6. The summed E-state index contributed by atoms with van der Waals surface area (Å²) < 4.78 is 1.91. The van der Waals surface area contributed by atoms with Crippen LogP contribution in [-0.4, -0.2) is 57.3 Å². The molecular weight excluding hydrogens is 310 g/mol. The number of hydrogen-bond donors (Lipinski definition) is 0. The van der Waals surface area contributed by atoms with Gasteiger partial charge in [0.25, 0.3) is 0 Å². The first-order chi connectivity index (χ1) is 12.2. The van der Waals surface area contributed by atoms with Crippen LogP contribution >= 0.6 is 0 Å². The Morgan fingerprint density at radius 3 is 2.48 bits per heavy atom. The lowest BCUT2D eigenvalue weighted by molar-refractivity contribution is 0.132. The first-order valence-corrected chi connectivity index (χ1v) is 9.05. The average molecular weight is 335 g/mol. The number of fused-ring (bicyclic) bond motifs is 1. The van der Waals surface area contributed by atoms with E-state index < -0.39 is 0 Å². The van der Waals surface area contributed by atoms with Gasteiger partial charge in [-0.2, -0.15) is 5.10 Å². The smallest absolute Gasteiger partial charge is 0.0709 e. The van der Waals surface area contributed by atoms with E-state index in [2.05, 4.69) is 52.2 Å². The number of pyridine rings is 1. The molecule has 130 valence electrons. The molecular formula is C20H25N5. The number of aromatic nitrogens is 3. The third-order valence-corrected chi connectivity index (χ3v) is 5.21. The standard InChI is InChI=1S/C20H25N5/c1-3-24-9-11-25(12-10-24)15-16-7-8-19(21-13-16)17-5-4-6-20-18(17)14-22-23(20)2/h4-8,13-14H,3,9-12,15H2,1-2H3. The minimum absolute atomic E-state index is 0.988. The molecule has 1 aliphatic rings. The maximum Gasteiger partial charge on any atom is 0.0709 e. The summed E-state index contributed by atoms with van der Waals surface area (Å²) in [5.74, 6) is 0. The largest absolute Gasteiger partial charge is 0.301 e. The second-order valence-electron chi connectivity index (χ2n) is 6.77. The first-order valence-electron chi connectivity index (χ1n) is 9.05. The first kappa shape index (κ1) is 16.2. The molecule has 5 nitrogen and oxygen atoms in total. The Hall–Kier alpha value is -2.24. The van der Waals surface area contributed by atoms with Crippen LogP contribution in [0.2, 0.25) is 0 Å². The Bertz CT molecular complexity index is 844. The summed E-state index contributed by atoms with van der Waals surface area (Å²) in [7, 11) is 1.97. The third kappa shape index (κ3) is 3.30. The summed E-state index contributed by atoms with van der Waals surface area (Å²) in [4.78, 5) is 9.76. The van der Waals surface area contributed by atoms with Crippen LogP contribution in [0.4, 0.5) is 0 Å². The van der Waals surface area contributed by atoms with Gasteiger partial charge in [-0.3, -0.25) is 14.6 Å². The maximum absolute atomic E-state index is 4.73. The zero-order valence-corrected chi connectivity index (χ0v) is 15.0. The van der Waals surface area contributed by atoms with Crippen molar-refractivity contribution in [1.29, 1.82) is 0 Å². The summed E-state index contributed by atoms with van der Waals surface area (Å²) >= 11 is 0. The highest BCUT2D eigenvalue weighted by molar-refractivity contribution is 5.93. The van der Waals surface area contributed by atoms with Gasteiger partial charge < -0.3 is 4.90 Å². The molecule has 0 bridgehead atoms. The molecule has 25 heavy (non-hydrogen) atoms. The van der Waals surface area contributed by atoms with Gasteiger partial charge in [-0.25, -0.2) is 0 Å². The van der Waals surface area contributed by atoms with E-state index in [1.807, 2.05) is 24.1 Å². The highest BCUT2D eigenvalue weighted by atomic mass is 15.3. The summed E-state index contributed by atoms with van der Waals surface area (Å²) in [5.41, 5.74) is 4.58. The van der Waals surface area contributed by atoms with Gasteiger partial charge in [-0.15, -0.1) is 0 Å². The predicted molar refractivity (Wildman–Crippen MR) is 101 cm³/mol. The molecule has 1 saturated heterocycles. The lowest BCUT2D eigenvalue weighted by atomic mass is 10.1. The third-order valence-electron chi connectivity index (χ3n) is 5.21. The predicted octanol–water partition coefficient (Wildman–Crippen LogP) is 2.77. The number of likely N-dealkylation sites (N-methyl/N-ethyl adjacent to an activating group) is 1. The topological polar surface area (TPSA) is 37.2 Å². The fraction of sp³-hybridized carbons (Fsp3) is 0.400. The van der Waals surface area contributed by atoms with Crippen LogP contribution in [0.15, 0.2) is 42.7 Å². The number of aryl methyl sites for hydroxylation is 1. The fourth-order valence-corrected chi connectivity index (χ4v) is 3.60. The zero-order valence-electron chi connectivity index (χ0n) is 15.0. The van der Waals surface area contributed by atoms with E-state index in [9.17, 15) is 0 Å². The van der Waals surface area contributed by atoms with E-state index in [1.165, 1.54) is 18.7 Å².